The summed E-state index contributed by atoms with van der Waals surface area (Å²) in [5.41, 5.74) is 2.34. The fourth-order valence-electron chi connectivity index (χ4n) is 0.777. The minimum Gasteiger partial charge on any atom is -0.385 e. The predicted octanol–water partition coefficient (Wildman–Crippen LogP) is -1.33. The standard InChI is InChI=1S/C5H12N4O3S/c1-11-4-2-3-9(6)5-7-12-13(10)8-5/h2-4,6H2,1H3,(H,7,8). The van der Waals surface area contributed by atoms with E-state index in [1.165, 1.54) is 5.01 Å². The molecule has 7 nitrogen and oxygen atoms in total. The Hall–Kier alpha value is -0.700. The van der Waals surface area contributed by atoms with Gasteiger partial charge in [0.2, 0.25) is 5.96 Å². The average Bonchev–Trinajstić information content (AvgIpc) is 2.52. The summed E-state index contributed by atoms with van der Waals surface area (Å²) >= 11 is -1.66. The van der Waals surface area contributed by atoms with Crippen molar-refractivity contribution < 1.29 is 13.2 Å². The van der Waals surface area contributed by atoms with E-state index in [1.807, 2.05) is 0 Å². The van der Waals surface area contributed by atoms with Crippen LogP contribution < -0.4 is 11.3 Å². The van der Waals surface area contributed by atoms with Crippen molar-refractivity contribution in [1.29, 1.82) is 0 Å². The van der Waals surface area contributed by atoms with E-state index in [9.17, 15) is 4.21 Å². The van der Waals surface area contributed by atoms with Gasteiger partial charge in [-0.3, -0.25) is 5.01 Å². The summed E-state index contributed by atoms with van der Waals surface area (Å²) in [6, 6.07) is 0. The zero-order valence-corrected chi connectivity index (χ0v) is 8.04. The van der Waals surface area contributed by atoms with Crippen LogP contribution in [0.3, 0.4) is 0 Å². The number of rotatable bonds is 4. The molecule has 0 aromatic carbocycles. The first kappa shape index (κ1) is 10.4. The second-order valence-corrected chi connectivity index (χ2v) is 3.14. The van der Waals surface area contributed by atoms with E-state index in [0.717, 1.165) is 6.42 Å². The van der Waals surface area contributed by atoms with Crippen LogP contribution in [0.5, 0.6) is 0 Å². The predicted molar refractivity (Wildman–Crippen MR) is 47.2 cm³/mol. The first-order valence-electron chi connectivity index (χ1n) is 3.69. The van der Waals surface area contributed by atoms with Crippen LogP contribution in [0, 0.1) is 0 Å². The molecule has 0 saturated heterocycles. The molecule has 0 radical (unpaired) electrons. The lowest BCUT2D eigenvalue weighted by atomic mass is 10.4. The van der Waals surface area contributed by atoms with Crippen LogP contribution in [0.15, 0.2) is 4.40 Å². The minimum atomic E-state index is -1.66. The van der Waals surface area contributed by atoms with Gasteiger partial charge in [-0.1, -0.05) is 0 Å². The third kappa shape index (κ3) is 3.27. The molecule has 0 aromatic heterocycles. The zero-order valence-electron chi connectivity index (χ0n) is 7.23. The molecule has 1 unspecified atom stereocenters. The molecule has 8 heteroatoms. The summed E-state index contributed by atoms with van der Waals surface area (Å²) in [6.45, 7) is 1.17. The van der Waals surface area contributed by atoms with Crippen LogP contribution >= 0.6 is 0 Å². The van der Waals surface area contributed by atoms with Gasteiger partial charge in [0.05, 0.1) is 0 Å². The van der Waals surface area contributed by atoms with E-state index >= 15 is 0 Å². The van der Waals surface area contributed by atoms with Crippen molar-refractivity contribution >= 4 is 17.2 Å². The number of nitrogens with zero attached hydrogens (tertiary/aromatic N) is 2. The Morgan fingerprint density at radius 3 is 3.15 bits per heavy atom. The van der Waals surface area contributed by atoms with Crippen LogP contribution in [-0.2, 0) is 20.3 Å². The van der Waals surface area contributed by atoms with Gasteiger partial charge in [0.15, 0.2) is 0 Å². The van der Waals surface area contributed by atoms with Crippen molar-refractivity contribution in [3.63, 3.8) is 0 Å². The number of guanidine groups is 1. The zero-order chi connectivity index (χ0) is 9.68. The number of hydrazine groups is 1. The van der Waals surface area contributed by atoms with Gasteiger partial charge in [0, 0.05) is 20.3 Å². The smallest absolute Gasteiger partial charge is 0.310 e. The number of hydrogen-bond acceptors (Lipinski definition) is 6. The molecule has 1 aliphatic rings. The van der Waals surface area contributed by atoms with Crippen molar-refractivity contribution in [1.82, 2.24) is 10.5 Å². The van der Waals surface area contributed by atoms with E-state index in [0.29, 0.717) is 13.2 Å². The molecule has 76 valence electrons. The summed E-state index contributed by atoms with van der Waals surface area (Å²) in [7, 11) is 1.62. The molecule has 0 bridgehead atoms. The Morgan fingerprint density at radius 1 is 1.85 bits per heavy atom. The number of ether oxygens (including phenoxy) is 1. The summed E-state index contributed by atoms with van der Waals surface area (Å²) in [5.74, 6) is 5.82. The fraction of sp³-hybridized carbons (Fsp3) is 0.800. The van der Waals surface area contributed by atoms with Crippen LogP contribution in [0.25, 0.3) is 0 Å². The lowest BCUT2D eigenvalue weighted by Gasteiger charge is -2.15. The monoisotopic (exact) mass is 208 g/mol. The van der Waals surface area contributed by atoms with Crippen molar-refractivity contribution in [2.24, 2.45) is 10.2 Å². The highest BCUT2D eigenvalue weighted by molar-refractivity contribution is 7.79. The quantitative estimate of drug-likeness (QED) is 0.338. The van der Waals surface area contributed by atoms with E-state index in [2.05, 4.69) is 14.2 Å². The van der Waals surface area contributed by atoms with Gasteiger partial charge in [-0.05, 0) is 6.42 Å². The molecule has 0 spiro atoms. The Balaban J connectivity index is 2.27. The molecule has 0 fully saturated rings. The Morgan fingerprint density at radius 2 is 2.62 bits per heavy atom. The van der Waals surface area contributed by atoms with Gasteiger partial charge in [-0.15, -0.1) is 4.40 Å². The first-order valence-corrected chi connectivity index (χ1v) is 4.72. The van der Waals surface area contributed by atoms with Crippen LogP contribution in [-0.4, -0.2) is 35.4 Å². The number of nitrogens with one attached hydrogen (secondary N) is 1. The van der Waals surface area contributed by atoms with Gasteiger partial charge in [0.1, 0.15) is 0 Å². The largest absolute Gasteiger partial charge is 0.385 e. The van der Waals surface area contributed by atoms with Crippen molar-refractivity contribution in [2.75, 3.05) is 20.3 Å². The van der Waals surface area contributed by atoms with Crippen LogP contribution in [0.1, 0.15) is 6.42 Å². The average molecular weight is 208 g/mol. The maximum absolute atomic E-state index is 10.6. The van der Waals surface area contributed by atoms with Gasteiger partial charge >= 0.3 is 11.3 Å². The third-order valence-corrected chi connectivity index (χ3v) is 1.93. The molecule has 0 amide bonds. The SMILES string of the molecule is COCCCN(N)C1=NS(=O)ON1. The highest BCUT2D eigenvalue weighted by atomic mass is 32.2. The Kier molecular flexibility index (Phi) is 4.09. The van der Waals surface area contributed by atoms with E-state index < -0.39 is 11.3 Å². The Bertz CT molecular complexity index is 222. The molecule has 1 atom stereocenters. The number of methoxy groups -OCH3 is 1. The van der Waals surface area contributed by atoms with Gasteiger partial charge in [-0.25, -0.2) is 15.5 Å². The second-order valence-electron chi connectivity index (χ2n) is 2.36. The molecule has 13 heavy (non-hydrogen) atoms. The molecule has 1 rings (SSSR count). The van der Waals surface area contributed by atoms with Crippen molar-refractivity contribution in [3.8, 4) is 0 Å². The number of hydrogen-bond donors (Lipinski definition) is 2. The fourth-order valence-corrected chi connectivity index (χ4v) is 1.24. The lowest BCUT2D eigenvalue weighted by molar-refractivity contribution is 0.183. The van der Waals surface area contributed by atoms with Crippen molar-refractivity contribution in [3.05, 3.63) is 0 Å². The first-order chi connectivity index (χ1) is 6.24. The third-order valence-electron chi connectivity index (χ3n) is 1.38. The van der Waals surface area contributed by atoms with E-state index in [1.54, 1.807) is 7.11 Å². The van der Waals surface area contributed by atoms with E-state index in [-0.39, 0.29) is 5.96 Å². The molecule has 1 heterocycles. The second kappa shape index (κ2) is 5.12. The molecule has 0 aliphatic carbocycles. The summed E-state index contributed by atoms with van der Waals surface area (Å²) < 4.78 is 23.5. The molecular weight excluding hydrogens is 196 g/mol. The summed E-state index contributed by atoms with van der Waals surface area (Å²) in [4.78, 5) is 0. The van der Waals surface area contributed by atoms with Gasteiger partial charge in [0.25, 0.3) is 0 Å². The molecule has 3 N–H and O–H groups in total. The molecular formula is C5H12N4O3S. The number of hydroxylamine groups is 1. The Labute approximate surface area is 78.6 Å². The molecule has 1 aliphatic heterocycles. The topological polar surface area (TPSA) is 89.2 Å². The normalized spacial score (nSPS) is 21.1. The van der Waals surface area contributed by atoms with Gasteiger partial charge < -0.3 is 4.74 Å². The molecule has 0 aromatic rings. The van der Waals surface area contributed by atoms with E-state index in [4.69, 9.17) is 10.6 Å². The van der Waals surface area contributed by atoms with Crippen molar-refractivity contribution in [2.45, 2.75) is 6.42 Å². The lowest BCUT2D eigenvalue weighted by Crippen LogP contribution is -2.44. The number of nitrogens with two attached hydrogens (primary N) is 1. The maximum atomic E-state index is 10.6. The van der Waals surface area contributed by atoms with Gasteiger partial charge in [-0.2, -0.15) is 4.28 Å². The summed E-state index contributed by atoms with van der Waals surface area (Å²) in [6.07, 6.45) is 0.764. The van der Waals surface area contributed by atoms with Crippen LogP contribution in [0.2, 0.25) is 0 Å². The highest BCUT2D eigenvalue weighted by Crippen LogP contribution is 1.97. The maximum Gasteiger partial charge on any atom is 0.310 e. The molecule has 0 saturated carbocycles. The summed E-state index contributed by atoms with van der Waals surface area (Å²) in [5, 5.41) is 1.32. The van der Waals surface area contributed by atoms with Crippen LogP contribution in [0.4, 0.5) is 0 Å². The highest BCUT2D eigenvalue weighted by Gasteiger charge is 2.16. The minimum absolute atomic E-state index is 0.273.